The average Bonchev–Trinajstić information content (AvgIpc) is 3.19. The Morgan fingerprint density at radius 3 is 2.69 bits per heavy atom. The molecule has 26 heavy (non-hydrogen) atoms. The van der Waals surface area contributed by atoms with Crippen LogP contribution in [0.15, 0.2) is 30.3 Å². The van der Waals surface area contributed by atoms with Crippen molar-refractivity contribution in [1.82, 2.24) is 15.1 Å². The normalized spacial score (nSPS) is 20.0. The molecule has 2 atom stereocenters. The Balaban J connectivity index is 1.68. The number of aryl methyl sites for hydroxylation is 2. The summed E-state index contributed by atoms with van der Waals surface area (Å²) in [7, 11) is 0. The molecule has 0 aliphatic carbocycles. The van der Waals surface area contributed by atoms with Crippen molar-refractivity contribution in [3.8, 4) is 0 Å². The molecule has 134 valence electrons. The predicted octanol–water partition coefficient (Wildman–Crippen LogP) is 3.91. The van der Waals surface area contributed by atoms with Crippen LogP contribution in [-0.2, 0) is 0 Å². The number of aromatic nitrogens is 2. The highest BCUT2D eigenvalue weighted by Gasteiger charge is 2.36. The van der Waals surface area contributed by atoms with E-state index in [-0.39, 0.29) is 11.9 Å². The molecule has 0 radical (unpaired) electrons. The fourth-order valence-corrected chi connectivity index (χ4v) is 4.96. The van der Waals surface area contributed by atoms with E-state index in [2.05, 4.69) is 41.4 Å². The molecule has 1 amide bonds. The number of carbonyl (C=O) groups is 1. The average molecular weight is 366 g/mol. The highest BCUT2D eigenvalue weighted by molar-refractivity contribution is 7.21. The number of hydrogen-bond acceptors (Lipinski definition) is 5. The monoisotopic (exact) mass is 366 g/mol. The van der Waals surface area contributed by atoms with Gasteiger partial charge in [0.2, 0.25) is 0 Å². The van der Waals surface area contributed by atoms with Crippen LogP contribution in [0.1, 0.15) is 45.8 Å². The molecule has 3 aromatic rings. The molecule has 2 unspecified atom stereocenters. The Bertz CT molecular complexity index is 982. The molecule has 1 saturated heterocycles. The zero-order valence-electron chi connectivity index (χ0n) is 15.2. The summed E-state index contributed by atoms with van der Waals surface area (Å²) in [6, 6.07) is 10.6. The van der Waals surface area contributed by atoms with Crippen LogP contribution in [0.3, 0.4) is 0 Å². The fourth-order valence-electron chi connectivity index (χ4n) is 3.90. The highest BCUT2D eigenvalue weighted by atomic mass is 32.1. The van der Waals surface area contributed by atoms with Gasteiger partial charge in [0.25, 0.3) is 5.91 Å². The standard InChI is InChI=1S/C20H22N4OS/c1-11-12(2)22-23-19-16(11)17(21)18(26-19)20(25)24-10-9-15(13(24)3)14-7-5-4-6-8-14/h4-8,13,15H,9-10,21H2,1-3H3. The number of nitrogens with zero attached hydrogens (tertiary/aromatic N) is 3. The van der Waals surface area contributed by atoms with Crippen LogP contribution >= 0.6 is 11.3 Å². The van der Waals surface area contributed by atoms with Gasteiger partial charge in [0, 0.05) is 23.9 Å². The van der Waals surface area contributed by atoms with Crippen LogP contribution in [-0.4, -0.2) is 33.6 Å². The molecular weight excluding hydrogens is 344 g/mol. The zero-order chi connectivity index (χ0) is 18.4. The molecule has 1 aliphatic heterocycles. The summed E-state index contributed by atoms with van der Waals surface area (Å²) in [4.78, 5) is 16.5. The van der Waals surface area contributed by atoms with Crippen LogP contribution < -0.4 is 5.73 Å². The fraction of sp³-hybridized carbons (Fsp3) is 0.350. The third kappa shape index (κ3) is 2.56. The minimum atomic E-state index is 0.00786. The van der Waals surface area contributed by atoms with E-state index >= 15 is 0 Å². The molecule has 1 fully saturated rings. The first kappa shape index (κ1) is 17.0. The van der Waals surface area contributed by atoms with E-state index in [1.807, 2.05) is 24.8 Å². The van der Waals surface area contributed by atoms with Gasteiger partial charge in [-0.25, -0.2) is 0 Å². The molecular formula is C20H22N4OS. The molecule has 5 nitrogen and oxygen atoms in total. The first-order valence-electron chi connectivity index (χ1n) is 8.86. The number of fused-ring (bicyclic) bond motifs is 1. The van der Waals surface area contributed by atoms with E-state index in [0.717, 1.165) is 34.4 Å². The summed E-state index contributed by atoms with van der Waals surface area (Å²) in [5.74, 6) is 0.369. The first-order valence-corrected chi connectivity index (χ1v) is 9.68. The van der Waals surface area contributed by atoms with E-state index in [1.165, 1.54) is 16.9 Å². The van der Waals surface area contributed by atoms with Gasteiger partial charge in [-0.15, -0.1) is 16.4 Å². The summed E-state index contributed by atoms with van der Waals surface area (Å²) in [6.45, 7) is 6.76. The van der Waals surface area contributed by atoms with Gasteiger partial charge >= 0.3 is 0 Å². The lowest BCUT2D eigenvalue weighted by atomic mass is 9.93. The molecule has 0 saturated carbocycles. The molecule has 0 spiro atoms. The molecule has 6 heteroatoms. The molecule has 4 rings (SSSR count). The van der Waals surface area contributed by atoms with Crippen molar-refractivity contribution in [3.63, 3.8) is 0 Å². The van der Waals surface area contributed by atoms with Crippen LogP contribution in [0.2, 0.25) is 0 Å². The van der Waals surface area contributed by atoms with Crippen molar-refractivity contribution >= 4 is 33.1 Å². The van der Waals surface area contributed by atoms with Gasteiger partial charge in [0.05, 0.1) is 11.4 Å². The van der Waals surface area contributed by atoms with Crippen molar-refractivity contribution in [1.29, 1.82) is 0 Å². The number of likely N-dealkylation sites (tertiary alicyclic amines) is 1. The van der Waals surface area contributed by atoms with Gasteiger partial charge in [0.1, 0.15) is 9.71 Å². The number of nitrogens with two attached hydrogens (primary N) is 1. The summed E-state index contributed by atoms with van der Waals surface area (Å²) in [5, 5.41) is 9.27. The topological polar surface area (TPSA) is 72.1 Å². The minimum Gasteiger partial charge on any atom is -0.397 e. The predicted molar refractivity (Wildman–Crippen MR) is 106 cm³/mol. The molecule has 3 heterocycles. The number of benzene rings is 1. The summed E-state index contributed by atoms with van der Waals surface area (Å²) < 4.78 is 0. The third-order valence-electron chi connectivity index (χ3n) is 5.57. The maximum atomic E-state index is 13.2. The number of rotatable bonds is 2. The SMILES string of the molecule is Cc1nnc2sc(C(=O)N3CCC(c4ccccc4)C3C)c(N)c2c1C. The second kappa shape index (κ2) is 6.36. The van der Waals surface area contributed by atoms with E-state index in [4.69, 9.17) is 5.73 Å². The van der Waals surface area contributed by atoms with E-state index in [1.54, 1.807) is 0 Å². The Kier molecular flexibility index (Phi) is 4.15. The van der Waals surface area contributed by atoms with Crippen LogP contribution in [0.5, 0.6) is 0 Å². The molecule has 1 aliphatic rings. The molecule has 0 bridgehead atoms. The number of nitrogen functional groups attached to an aromatic ring is 1. The van der Waals surface area contributed by atoms with E-state index < -0.39 is 0 Å². The summed E-state index contributed by atoms with van der Waals surface area (Å²) in [5.41, 5.74) is 10.0. The first-order chi connectivity index (χ1) is 12.5. The number of thiophene rings is 1. The van der Waals surface area contributed by atoms with Crippen LogP contribution in [0.25, 0.3) is 10.2 Å². The Morgan fingerprint density at radius 2 is 1.96 bits per heavy atom. The second-order valence-corrected chi connectivity index (χ2v) is 7.98. The van der Waals surface area contributed by atoms with Gasteiger partial charge in [-0.05, 0) is 38.3 Å². The molecule has 2 N–H and O–H groups in total. The van der Waals surface area contributed by atoms with Crippen molar-refractivity contribution < 1.29 is 4.79 Å². The number of amides is 1. The highest BCUT2D eigenvalue weighted by Crippen LogP contribution is 2.39. The largest absolute Gasteiger partial charge is 0.397 e. The van der Waals surface area contributed by atoms with Crippen molar-refractivity contribution in [3.05, 3.63) is 52.0 Å². The Morgan fingerprint density at radius 1 is 1.23 bits per heavy atom. The minimum absolute atomic E-state index is 0.00786. The quantitative estimate of drug-likeness (QED) is 0.746. The van der Waals surface area contributed by atoms with Gasteiger partial charge in [-0.1, -0.05) is 30.3 Å². The lowest BCUT2D eigenvalue weighted by Crippen LogP contribution is -2.35. The number of hydrogen-bond donors (Lipinski definition) is 1. The van der Waals surface area contributed by atoms with E-state index in [0.29, 0.717) is 16.5 Å². The van der Waals surface area contributed by atoms with Gasteiger partial charge in [-0.2, -0.15) is 5.10 Å². The van der Waals surface area contributed by atoms with Gasteiger partial charge in [-0.3, -0.25) is 4.79 Å². The molecule has 2 aromatic heterocycles. The third-order valence-corrected chi connectivity index (χ3v) is 6.65. The molecule has 1 aromatic carbocycles. The van der Waals surface area contributed by atoms with Crippen LogP contribution in [0.4, 0.5) is 5.69 Å². The van der Waals surface area contributed by atoms with Crippen molar-refractivity contribution in [2.24, 2.45) is 0 Å². The van der Waals surface area contributed by atoms with Gasteiger partial charge in [0.15, 0.2) is 0 Å². The maximum Gasteiger partial charge on any atom is 0.266 e. The Hall–Kier alpha value is -2.47. The van der Waals surface area contributed by atoms with E-state index in [9.17, 15) is 4.79 Å². The zero-order valence-corrected chi connectivity index (χ0v) is 16.0. The number of anilines is 1. The smallest absolute Gasteiger partial charge is 0.266 e. The summed E-state index contributed by atoms with van der Waals surface area (Å²) >= 11 is 1.35. The maximum absolute atomic E-state index is 13.2. The second-order valence-electron chi connectivity index (χ2n) is 6.98. The lowest BCUT2D eigenvalue weighted by molar-refractivity contribution is 0.0748. The van der Waals surface area contributed by atoms with Crippen molar-refractivity contribution in [2.45, 2.75) is 39.2 Å². The van der Waals surface area contributed by atoms with Gasteiger partial charge < -0.3 is 10.6 Å². The van der Waals surface area contributed by atoms with Crippen LogP contribution in [0, 0.1) is 13.8 Å². The lowest BCUT2D eigenvalue weighted by Gasteiger charge is -2.24. The Labute approximate surface area is 156 Å². The summed E-state index contributed by atoms with van der Waals surface area (Å²) in [6.07, 6.45) is 0.972. The number of carbonyl (C=O) groups excluding carboxylic acids is 1. The van der Waals surface area contributed by atoms with Crippen molar-refractivity contribution in [2.75, 3.05) is 12.3 Å².